The van der Waals surface area contributed by atoms with Crippen LogP contribution >= 0.6 is 0 Å². The van der Waals surface area contributed by atoms with Crippen molar-refractivity contribution in [2.24, 2.45) is 5.92 Å². The Labute approximate surface area is 66.7 Å². The maximum absolute atomic E-state index is 11.0. The third-order valence-corrected chi connectivity index (χ3v) is 2.26. The van der Waals surface area contributed by atoms with E-state index in [1.165, 1.54) is 0 Å². The van der Waals surface area contributed by atoms with Crippen LogP contribution in [0.4, 0.5) is 0 Å². The first-order valence-electron chi connectivity index (χ1n) is 3.84. The van der Waals surface area contributed by atoms with E-state index in [2.05, 4.69) is 0 Å². The van der Waals surface area contributed by atoms with E-state index in [4.69, 9.17) is 9.47 Å². The fraction of sp³-hybridized carbons (Fsp3) is 0.875. The molecule has 1 heterocycles. The molecule has 1 aliphatic rings. The van der Waals surface area contributed by atoms with Gasteiger partial charge in [0.2, 0.25) is 0 Å². The van der Waals surface area contributed by atoms with Crippen molar-refractivity contribution in [2.75, 3.05) is 13.2 Å². The number of carbonyl (C=O) groups excluding carboxylic acids is 1. The highest BCUT2D eigenvalue weighted by Gasteiger charge is 2.39. The third-order valence-electron chi connectivity index (χ3n) is 2.26. The number of ketones is 1. The molecule has 64 valence electrons. The molecule has 0 aromatic carbocycles. The van der Waals surface area contributed by atoms with Crippen LogP contribution in [0, 0.1) is 5.92 Å². The molecule has 0 aromatic heterocycles. The maximum atomic E-state index is 11.0. The molecule has 0 amide bonds. The molecule has 0 aromatic rings. The van der Waals surface area contributed by atoms with Crippen molar-refractivity contribution in [3.05, 3.63) is 0 Å². The number of rotatable bonds is 2. The summed E-state index contributed by atoms with van der Waals surface area (Å²) in [7, 11) is 0. The van der Waals surface area contributed by atoms with Crippen LogP contribution in [0.2, 0.25) is 0 Å². The Bertz CT molecular complexity index is 159. The van der Waals surface area contributed by atoms with E-state index in [-0.39, 0.29) is 11.7 Å². The number of hydrogen-bond donors (Lipinski definition) is 0. The Hall–Kier alpha value is -0.410. The Morgan fingerprint density at radius 2 is 1.91 bits per heavy atom. The first-order valence-corrected chi connectivity index (χ1v) is 3.84. The molecule has 1 rings (SSSR count). The van der Waals surface area contributed by atoms with Crippen LogP contribution in [0.25, 0.3) is 0 Å². The second kappa shape index (κ2) is 2.91. The van der Waals surface area contributed by atoms with Crippen molar-refractivity contribution in [2.45, 2.75) is 26.6 Å². The molecule has 3 nitrogen and oxygen atoms in total. The largest absolute Gasteiger partial charge is 0.347 e. The van der Waals surface area contributed by atoms with Crippen LogP contribution in [0.3, 0.4) is 0 Å². The highest BCUT2D eigenvalue weighted by atomic mass is 16.7. The standard InChI is InChI=1S/C8H14O3/c1-6(7(2)9)8(3)10-4-5-11-8/h6H,4-5H2,1-3H3/t6-/m1/s1. The summed E-state index contributed by atoms with van der Waals surface area (Å²) >= 11 is 0. The van der Waals surface area contributed by atoms with E-state index in [0.717, 1.165) is 0 Å². The van der Waals surface area contributed by atoms with E-state index < -0.39 is 5.79 Å². The molecule has 1 saturated heterocycles. The predicted molar refractivity (Wildman–Crippen MR) is 40.2 cm³/mol. The molecule has 0 saturated carbocycles. The van der Waals surface area contributed by atoms with E-state index in [0.29, 0.717) is 13.2 Å². The van der Waals surface area contributed by atoms with Gasteiger partial charge in [0.25, 0.3) is 0 Å². The van der Waals surface area contributed by atoms with Crippen molar-refractivity contribution in [3.63, 3.8) is 0 Å². The predicted octanol–water partition coefficient (Wildman–Crippen LogP) is 0.974. The summed E-state index contributed by atoms with van der Waals surface area (Å²) in [6.45, 7) is 6.38. The summed E-state index contributed by atoms with van der Waals surface area (Å²) in [6, 6.07) is 0. The van der Waals surface area contributed by atoms with Gasteiger partial charge in [-0.05, 0) is 13.8 Å². The van der Waals surface area contributed by atoms with Gasteiger partial charge < -0.3 is 9.47 Å². The SMILES string of the molecule is CC(=O)[C@@H](C)C1(C)OCCO1. The molecular weight excluding hydrogens is 144 g/mol. The lowest BCUT2D eigenvalue weighted by molar-refractivity contribution is -0.181. The second-order valence-electron chi connectivity index (χ2n) is 3.05. The van der Waals surface area contributed by atoms with Crippen molar-refractivity contribution in [3.8, 4) is 0 Å². The van der Waals surface area contributed by atoms with Crippen LogP contribution < -0.4 is 0 Å². The molecule has 3 heteroatoms. The Balaban J connectivity index is 2.63. The average molecular weight is 158 g/mol. The Morgan fingerprint density at radius 1 is 1.45 bits per heavy atom. The van der Waals surface area contributed by atoms with Gasteiger partial charge in [0.1, 0.15) is 5.78 Å². The summed E-state index contributed by atoms with van der Waals surface area (Å²) in [5, 5.41) is 0. The molecule has 1 fully saturated rings. The van der Waals surface area contributed by atoms with Gasteiger partial charge in [-0.3, -0.25) is 4.79 Å². The van der Waals surface area contributed by atoms with Gasteiger partial charge >= 0.3 is 0 Å². The van der Waals surface area contributed by atoms with Gasteiger partial charge in [-0.2, -0.15) is 0 Å². The zero-order valence-corrected chi connectivity index (χ0v) is 7.22. The second-order valence-corrected chi connectivity index (χ2v) is 3.05. The maximum Gasteiger partial charge on any atom is 0.175 e. The Morgan fingerprint density at radius 3 is 2.27 bits per heavy atom. The lowest BCUT2D eigenvalue weighted by Gasteiger charge is -2.27. The molecule has 0 radical (unpaired) electrons. The Kier molecular flexibility index (Phi) is 2.30. The molecule has 0 aliphatic carbocycles. The summed E-state index contributed by atoms with van der Waals surface area (Å²) in [5.41, 5.74) is 0. The topological polar surface area (TPSA) is 35.5 Å². The van der Waals surface area contributed by atoms with E-state index in [1.54, 1.807) is 6.92 Å². The summed E-state index contributed by atoms with van der Waals surface area (Å²) < 4.78 is 10.6. The monoisotopic (exact) mass is 158 g/mol. The molecule has 1 aliphatic heterocycles. The van der Waals surface area contributed by atoms with Crippen LogP contribution in [0.15, 0.2) is 0 Å². The van der Waals surface area contributed by atoms with Gasteiger partial charge in [-0.1, -0.05) is 6.92 Å². The summed E-state index contributed by atoms with van der Waals surface area (Å²) in [5.74, 6) is -0.745. The number of hydrogen-bond acceptors (Lipinski definition) is 3. The minimum atomic E-state index is -0.675. The van der Waals surface area contributed by atoms with E-state index in [9.17, 15) is 4.79 Å². The van der Waals surface area contributed by atoms with Crippen molar-refractivity contribution >= 4 is 5.78 Å². The molecule has 11 heavy (non-hydrogen) atoms. The molecule has 1 atom stereocenters. The number of Topliss-reactive ketones (excluding diaryl/α,β-unsaturated/α-hetero) is 1. The highest BCUT2D eigenvalue weighted by Crippen LogP contribution is 2.27. The highest BCUT2D eigenvalue weighted by molar-refractivity contribution is 5.78. The summed E-state index contributed by atoms with van der Waals surface area (Å²) in [6.07, 6.45) is 0. The third kappa shape index (κ3) is 1.60. The number of carbonyl (C=O) groups is 1. The smallest absolute Gasteiger partial charge is 0.175 e. The summed E-state index contributed by atoms with van der Waals surface area (Å²) in [4.78, 5) is 11.0. The lowest BCUT2D eigenvalue weighted by atomic mass is 9.98. The first kappa shape index (κ1) is 8.68. The van der Waals surface area contributed by atoms with E-state index in [1.807, 2.05) is 13.8 Å². The van der Waals surface area contributed by atoms with Gasteiger partial charge in [-0.15, -0.1) is 0 Å². The van der Waals surface area contributed by atoms with E-state index >= 15 is 0 Å². The lowest BCUT2D eigenvalue weighted by Crippen LogP contribution is -2.37. The zero-order chi connectivity index (χ0) is 8.48. The fourth-order valence-corrected chi connectivity index (χ4v) is 1.15. The van der Waals surface area contributed by atoms with Gasteiger partial charge in [0.05, 0.1) is 19.1 Å². The van der Waals surface area contributed by atoms with Gasteiger partial charge in [0, 0.05) is 0 Å². The van der Waals surface area contributed by atoms with Gasteiger partial charge in [-0.25, -0.2) is 0 Å². The van der Waals surface area contributed by atoms with Crippen molar-refractivity contribution in [1.82, 2.24) is 0 Å². The van der Waals surface area contributed by atoms with Crippen molar-refractivity contribution in [1.29, 1.82) is 0 Å². The number of ether oxygens (including phenoxy) is 2. The first-order chi connectivity index (χ1) is 5.06. The normalized spacial score (nSPS) is 25.0. The molecule has 0 spiro atoms. The quantitative estimate of drug-likeness (QED) is 0.600. The minimum absolute atomic E-state index is 0.106. The average Bonchev–Trinajstić information content (AvgIpc) is 2.35. The zero-order valence-electron chi connectivity index (χ0n) is 7.22. The van der Waals surface area contributed by atoms with Crippen LogP contribution in [-0.2, 0) is 14.3 Å². The van der Waals surface area contributed by atoms with Crippen LogP contribution in [0.5, 0.6) is 0 Å². The minimum Gasteiger partial charge on any atom is -0.347 e. The fourth-order valence-electron chi connectivity index (χ4n) is 1.15. The van der Waals surface area contributed by atoms with Gasteiger partial charge in [0.15, 0.2) is 5.79 Å². The molecule has 0 bridgehead atoms. The molecular formula is C8H14O3. The molecule has 0 unspecified atom stereocenters. The van der Waals surface area contributed by atoms with Crippen LogP contribution in [0.1, 0.15) is 20.8 Å². The van der Waals surface area contributed by atoms with Crippen molar-refractivity contribution < 1.29 is 14.3 Å². The van der Waals surface area contributed by atoms with Crippen LogP contribution in [-0.4, -0.2) is 24.8 Å². The molecule has 0 N–H and O–H groups in total.